The largest absolute Gasteiger partial charge is 0.497 e. The molecule has 26 heavy (non-hydrogen) atoms. The quantitative estimate of drug-likeness (QED) is 0.747. The summed E-state index contributed by atoms with van der Waals surface area (Å²) in [5.41, 5.74) is 0.785. The summed E-state index contributed by atoms with van der Waals surface area (Å²) in [6.45, 7) is 0.132. The first-order valence-corrected chi connectivity index (χ1v) is 8.00. The monoisotopic (exact) mass is 357 g/mol. The molecule has 1 saturated heterocycles. The van der Waals surface area contributed by atoms with Gasteiger partial charge in [0.05, 0.1) is 20.1 Å². The third-order valence-electron chi connectivity index (χ3n) is 3.98. The van der Waals surface area contributed by atoms with E-state index in [0.717, 1.165) is 10.5 Å². The van der Waals surface area contributed by atoms with Gasteiger partial charge < -0.3 is 15.4 Å². The molecule has 1 fully saturated rings. The summed E-state index contributed by atoms with van der Waals surface area (Å²) in [4.78, 5) is 37.7. The molecule has 9 nitrogen and oxygen atoms in total. The molecule has 0 spiro atoms. The van der Waals surface area contributed by atoms with E-state index in [0.29, 0.717) is 11.6 Å². The smallest absolute Gasteiger partial charge is 0.325 e. The molecule has 0 aliphatic carbocycles. The van der Waals surface area contributed by atoms with E-state index in [1.54, 1.807) is 55.4 Å². The van der Waals surface area contributed by atoms with E-state index in [1.165, 1.54) is 0 Å². The fourth-order valence-electron chi connectivity index (χ4n) is 2.64. The summed E-state index contributed by atoms with van der Waals surface area (Å²) in [5.74, 6) is 0.259. The summed E-state index contributed by atoms with van der Waals surface area (Å²) < 4.78 is 6.63. The molecule has 2 heterocycles. The Kier molecular flexibility index (Phi) is 4.87. The number of rotatable bonds is 6. The second-order valence-corrected chi connectivity index (χ2v) is 5.90. The standard InChI is InChI=1S/C17H19N5O4/c1-21-8-7-14(20-21)19-15(23)9-13-16(24)22(17(25)18-13)10-11-3-5-12(26-2)6-4-11/h3-8,13H,9-10H2,1-2H3,(H,18,25)(H,19,20,23)/t13-/m1/s1. The highest BCUT2D eigenvalue weighted by Crippen LogP contribution is 2.17. The number of anilines is 1. The maximum absolute atomic E-state index is 12.5. The highest BCUT2D eigenvalue weighted by Gasteiger charge is 2.39. The lowest BCUT2D eigenvalue weighted by atomic mass is 10.1. The number of aromatic nitrogens is 2. The molecule has 9 heteroatoms. The van der Waals surface area contributed by atoms with Crippen molar-refractivity contribution in [3.63, 3.8) is 0 Å². The van der Waals surface area contributed by atoms with Crippen LogP contribution in [0.4, 0.5) is 10.6 Å². The van der Waals surface area contributed by atoms with Crippen molar-refractivity contribution in [1.29, 1.82) is 0 Å². The molecule has 4 amide bonds. The molecule has 2 N–H and O–H groups in total. The van der Waals surface area contributed by atoms with Crippen molar-refractivity contribution in [3.8, 4) is 5.75 Å². The number of carbonyl (C=O) groups is 3. The molecular formula is C17H19N5O4. The number of imide groups is 1. The van der Waals surface area contributed by atoms with Crippen LogP contribution in [0.5, 0.6) is 5.75 Å². The lowest BCUT2D eigenvalue weighted by molar-refractivity contribution is -0.130. The maximum Gasteiger partial charge on any atom is 0.325 e. The van der Waals surface area contributed by atoms with Crippen LogP contribution < -0.4 is 15.4 Å². The predicted molar refractivity (Wildman–Crippen MR) is 92.3 cm³/mol. The van der Waals surface area contributed by atoms with Gasteiger partial charge in [-0.25, -0.2) is 4.79 Å². The lowest BCUT2D eigenvalue weighted by Crippen LogP contribution is -2.34. The molecule has 136 valence electrons. The van der Waals surface area contributed by atoms with Crippen LogP contribution in [0.15, 0.2) is 36.5 Å². The van der Waals surface area contributed by atoms with Gasteiger partial charge in [0.25, 0.3) is 5.91 Å². The normalized spacial score (nSPS) is 16.5. The Hall–Kier alpha value is -3.36. The van der Waals surface area contributed by atoms with Gasteiger partial charge in [-0.15, -0.1) is 0 Å². The topological polar surface area (TPSA) is 106 Å². The van der Waals surface area contributed by atoms with Crippen molar-refractivity contribution >= 4 is 23.7 Å². The molecule has 1 aromatic carbocycles. The second-order valence-electron chi connectivity index (χ2n) is 5.90. The fourth-order valence-corrected chi connectivity index (χ4v) is 2.64. The second kappa shape index (κ2) is 7.26. The maximum atomic E-state index is 12.5. The Morgan fingerprint density at radius 2 is 2.00 bits per heavy atom. The number of benzene rings is 1. The number of aryl methyl sites for hydroxylation is 1. The molecule has 2 aromatic rings. The number of nitrogens with one attached hydrogen (secondary N) is 2. The molecule has 3 rings (SSSR count). The van der Waals surface area contributed by atoms with Crippen molar-refractivity contribution in [2.24, 2.45) is 7.05 Å². The van der Waals surface area contributed by atoms with Crippen molar-refractivity contribution in [3.05, 3.63) is 42.1 Å². The molecule has 0 saturated carbocycles. The van der Waals surface area contributed by atoms with Crippen LogP contribution in [-0.2, 0) is 23.2 Å². The van der Waals surface area contributed by atoms with E-state index < -0.39 is 23.9 Å². The van der Waals surface area contributed by atoms with Crippen molar-refractivity contribution in [2.45, 2.75) is 19.0 Å². The highest BCUT2D eigenvalue weighted by molar-refractivity contribution is 6.06. The average molecular weight is 357 g/mol. The molecule has 1 aliphatic heterocycles. The number of hydrogen-bond donors (Lipinski definition) is 2. The van der Waals surface area contributed by atoms with Crippen LogP contribution in [0.3, 0.4) is 0 Å². The van der Waals surface area contributed by atoms with Crippen LogP contribution in [0.1, 0.15) is 12.0 Å². The molecule has 0 unspecified atom stereocenters. The minimum absolute atomic E-state index is 0.132. The minimum atomic E-state index is -0.885. The van der Waals surface area contributed by atoms with Gasteiger partial charge in [0.1, 0.15) is 11.8 Å². The van der Waals surface area contributed by atoms with E-state index in [9.17, 15) is 14.4 Å². The van der Waals surface area contributed by atoms with Crippen molar-refractivity contribution in [2.75, 3.05) is 12.4 Å². The first-order chi connectivity index (χ1) is 12.5. The fraction of sp³-hybridized carbons (Fsp3) is 0.294. The summed E-state index contributed by atoms with van der Waals surface area (Å²) in [6.07, 6.45) is 1.54. The molecule has 0 bridgehead atoms. The van der Waals surface area contributed by atoms with Gasteiger partial charge in [-0.3, -0.25) is 19.2 Å². The summed E-state index contributed by atoms with van der Waals surface area (Å²) in [6, 6.07) is 7.31. The minimum Gasteiger partial charge on any atom is -0.497 e. The summed E-state index contributed by atoms with van der Waals surface area (Å²) >= 11 is 0. The zero-order chi connectivity index (χ0) is 18.7. The van der Waals surface area contributed by atoms with Crippen LogP contribution in [0.25, 0.3) is 0 Å². The number of methoxy groups -OCH3 is 1. The van der Waals surface area contributed by atoms with Gasteiger partial charge >= 0.3 is 6.03 Å². The van der Waals surface area contributed by atoms with Gasteiger partial charge in [-0.1, -0.05) is 12.1 Å². The summed E-state index contributed by atoms with van der Waals surface area (Å²) in [7, 11) is 3.29. The van der Waals surface area contributed by atoms with Gasteiger partial charge in [0.2, 0.25) is 5.91 Å². The van der Waals surface area contributed by atoms with E-state index >= 15 is 0 Å². The van der Waals surface area contributed by atoms with Gasteiger partial charge in [0, 0.05) is 19.3 Å². The number of nitrogens with zero attached hydrogens (tertiary/aromatic N) is 3. The number of ether oxygens (including phenoxy) is 1. The summed E-state index contributed by atoms with van der Waals surface area (Å²) in [5, 5.41) is 9.18. The zero-order valence-electron chi connectivity index (χ0n) is 14.4. The molecule has 0 radical (unpaired) electrons. The van der Waals surface area contributed by atoms with Crippen LogP contribution in [0, 0.1) is 0 Å². The SMILES string of the molecule is COc1ccc(CN2C(=O)N[C@H](CC(=O)Nc3ccn(C)n3)C2=O)cc1. The van der Waals surface area contributed by atoms with E-state index in [1.807, 2.05) is 0 Å². The Bertz CT molecular complexity index is 830. The van der Waals surface area contributed by atoms with E-state index in [-0.39, 0.29) is 13.0 Å². The van der Waals surface area contributed by atoms with E-state index in [2.05, 4.69) is 15.7 Å². The van der Waals surface area contributed by atoms with Gasteiger partial charge in [-0.05, 0) is 17.7 Å². The molecule has 1 aliphatic rings. The zero-order valence-corrected chi connectivity index (χ0v) is 14.4. The molecule has 1 aromatic heterocycles. The van der Waals surface area contributed by atoms with Gasteiger partial charge in [0.15, 0.2) is 5.82 Å². The molecular weight excluding hydrogens is 338 g/mol. The van der Waals surface area contributed by atoms with Crippen molar-refractivity contribution < 1.29 is 19.1 Å². The average Bonchev–Trinajstić information content (AvgIpc) is 3.13. The Morgan fingerprint density at radius 3 is 2.62 bits per heavy atom. The van der Waals surface area contributed by atoms with E-state index in [4.69, 9.17) is 4.74 Å². The number of carbonyl (C=O) groups excluding carboxylic acids is 3. The van der Waals surface area contributed by atoms with Gasteiger partial charge in [-0.2, -0.15) is 5.10 Å². The number of hydrogen-bond acceptors (Lipinski definition) is 5. The van der Waals surface area contributed by atoms with Crippen molar-refractivity contribution in [1.82, 2.24) is 20.0 Å². The predicted octanol–water partition coefficient (Wildman–Crippen LogP) is 0.878. The molecule has 1 atom stereocenters. The Morgan fingerprint density at radius 1 is 1.27 bits per heavy atom. The first-order valence-electron chi connectivity index (χ1n) is 8.00. The first kappa shape index (κ1) is 17.5. The Labute approximate surface area is 149 Å². The van der Waals surface area contributed by atoms with Crippen LogP contribution in [-0.4, -0.2) is 45.7 Å². The number of amides is 4. The van der Waals surface area contributed by atoms with Crippen LogP contribution in [0.2, 0.25) is 0 Å². The third-order valence-corrected chi connectivity index (χ3v) is 3.98. The lowest BCUT2D eigenvalue weighted by Gasteiger charge is -2.13. The van der Waals surface area contributed by atoms with Crippen LogP contribution >= 0.6 is 0 Å². The number of urea groups is 1. The highest BCUT2D eigenvalue weighted by atomic mass is 16.5. The third kappa shape index (κ3) is 3.82. The Balaban J connectivity index is 1.59.